The summed E-state index contributed by atoms with van der Waals surface area (Å²) in [6.45, 7) is 3.49. The molecule has 0 aliphatic rings. The van der Waals surface area contributed by atoms with Gasteiger partial charge in [-0.05, 0) is 36.7 Å². The second-order valence-corrected chi connectivity index (χ2v) is 7.09. The maximum Gasteiger partial charge on any atom is 0.256 e. The van der Waals surface area contributed by atoms with Crippen LogP contribution >= 0.6 is 22.7 Å². The Hall–Kier alpha value is -1.96. The van der Waals surface area contributed by atoms with Crippen LogP contribution in [0.25, 0.3) is 0 Å². The van der Waals surface area contributed by atoms with E-state index in [9.17, 15) is 9.90 Å². The quantitative estimate of drug-likeness (QED) is 0.743. The standard InChI is InChI=1S/C16H16N2O3S2/c1-10-14(11(2)21-18-10)15(19)17-9-16(20,12-5-3-7-22-12)13-6-4-8-23-13/h3-8,20H,9H2,1-2H3,(H,17,19). The highest BCUT2D eigenvalue weighted by Gasteiger charge is 2.34. The van der Waals surface area contributed by atoms with Crippen molar-refractivity contribution in [1.82, 2.24) is 10.5 Å². The number of carbonyl (C=O) groups excluding carboxylic acids is 1. The minimum atomic E-state index is -1.24. The van der Waals surface area contributed by atoms with Gasteiger partial charge in [-0.25, -0.2) is 0 Å². The van der Waals surface area contributed by atoms with E-state index in [4.69, 9.17) is 4.52 Å². The Kier molecular flexibility index (Phi) is 4.34. The summed E-state index contributed by atoms with van der Waals surface area (Å²) >= 11 is 2.92. The van der Waals surface area contributed by atoms with Gasteiger partial charge < -0.3 is 14.9 Å². The molecular weight excluding hydrogens is 332 g/mol. The first-order valence-electron chi connectivity index (χ1n) is 7.04. The number of carbonyl (C=O) groups is 1. The second kappa shape index (κ2) is 6.27. The number of hydrogen-bond donors (Lipinski definition) is 2. The zero-order chi connectivity index (χ0) is 16.4. The molecule has 3 aromatic heterocycles. The SMILES string of the molecule is Cc1noc(C)c1C(=O)NCC(O)(c1cccs1)c1cccs1. The van der Waals surface area contributed by atoms with Crippen molar-refractivity contribution < 1.29 is 14.4 Å². The van der Waals surface area contributed by atoms with Crippen molar-refractivity contribution in [3.05, 3.63) is 61.8 Å². The van der Waals surface area contributed by atoms with E-state index in [0.717, 1.165) is 9.75 Å². The van der Waals surface area contributed by atoms with Gasteiger partial charge in [-0.2, -0.15) is 0 Å². The van der Waals surface area contributed by atoms with Crippen LogP contribution in [0.2, 0.25) is 0 Å². The average molecular weight is 348 g/mol. The number of hydrogen-bond acceptors (Lipinski definition) is 6. The fraction of sp³-hybridized carbons (Fsp3) is 0.250. The molecule has 0 unspecified atom stereocenters. The number of amides is 1. The molecule has 120 valence electrons. The van der Waals surface area contributed by atoms with Crippen LogP contribution in [-0.2, 0) is 5.60 Å². The fourth-order valence-corrected chi connectivity index (χ4v) is 4.17. The van der Waals surface area contributed by atoms with Crippen LogP contribution in [0.4, 0.5) is 0 Å². The highest BCUT2D eigenvalue weighted by atomic mass is 32.1. The van der Waals surface area contributed by atoms with Crippen LogP contribution in [0.3, 0.4) is 0 Å². The monoisotopic (exact) mass is 348 g/mol. The van der Waals surface area contributed by atoms with E-state index in [0.29, 0.717) is 17.0 Å². The Labute approximate surface area is 141 Å². The van der Waals surface area contributed by atoms with E-state index in [2.05, 4.69) is 10.5 Å². The van der Waals surface area contributed by atoms with Crippen molar-refractivity contribution in [2.75, 3.05) is 6.54 Å². The summed E-state index contributed by atoms with van der Waals surface area (Å²) in [6, 6.07) is 7.50. The summed E-state index contributed by atoms with van der Waals surface area (Å²) < 4.78 is 5.02. The minimum Gasteiger partial charge on any atom is -0.377 e. The predicted octanol–water partition coefficient (Wildman–Crippen LogP) is 3.08. The van der Waals surface area contributed by atoms with E-state index >= 15 is 0 Å². The smallest absolute Gasteiger partial charge is 0.256 e. The zero-order valence-corrected chi connectivity index (χ0v) is 14.3. The molecule has 23 heavy (non-hydrogen) atoms. The topological polar surface area (TPSA) is 75.4 Å². The van der Waals surface area contributed by atoms with Gasteiger partial charge in [0.2, 0.25) is 0 Å². The molecule has 5 nitrogen and oxygen atoms in total. The minimum absolute atomic E-state index is 0.0803. The summed E-state index contributed by atoms with van der Waals surface area (Å²) in [5.41, 5.74) is -0.280. The van der Waals surface area contributed by atoms with E-state index < -0.39 is 5.60 Å². The lowest BCUT2D eigenvalue weighted by molar-refractivity contribution is 0.0738. The van der Waals surface area contributed by atoms with Crippen LogP contribution in [0, 0.1) is 13.8 Å². The third-order valence-electron chi connectivity index (χ3n) is 3.62. The molecule has 0 fully saturated rings. The van der Waals surface area contributed by atoms with Gasteiger partial charge in [0, 0.05) is 9.75 Å². The van der Waals surface area contributed by atoms with Gasteiger partial charge >= 0.3 is 0 Å². The summed E-state index contributed by atoms with van der Waals surface area (Å²) in [4.78, 5) is 14.0. The van der Waals surface area contributed by atoms with Gasteiger partial charge in [0.05, 0.1) is 12.2 Å². The Balaban J connectivity index is 1.85. The maximum atomic E-state index is 12.4. The summed E-state index contributed by atoms with van der Waals surface area (Å²) in [5, 5.41) is 21.6. The Morgan fingerprint density at radius 3 is 2.30 bits per heavy atom. The Morgan fingerprint density at radius 2 is 1.87 bits per heavy atom. The third kappa shape index (κ3) is 2.95. The lowest BCUT2D eigenvalue weighted by atomic mass is 9.99. The third-order valence-corrected chi connectivity index (χ3v) is 5.66. The number of aromatic nitrogens is 1. The maximum absolute atomic E-state index is 12.4. The van der Waals surface area contributed by atoms with Gasteiger partial charge in [-0.15, -0.1) is 22.7 Å². The first-order valence-corrected chi connectivity index (χ1v) is 8.79. The number of aryl methyl sites for hydroxylation is 2. The van der Waals surface area contributed by atoms with Crippen molar-refractivity contribution in [3.8, 4) is 0 Å². The largest absolute Gasteiger partial charge is 0.377 e. The lowest BCUT2D eigenvalue weighted by Gasteiger charge is -2.26. The van der Waals surface area contributed by atoms with Crippen LogP contribution in [0.5, 0.6) is 0 Å². The molecule has 0 atom stereocenters. The van der Waals surface area contributed by atoms with Crippen LogP contribution < -0.4 is 5.32 Å². The molecule has 3 rings (SSSR count). The number of nitrogens with one attached hydrogen (secondary N) is 1. The highest BCUT2D eigenvalue weighted by Crippen LogP contribution is 2.35. The van der Waals surface area contributed by atoms with E-state index in [-0.39, 0.29) is 12.5 Å². The summed E-state index contributed by atoms with van der Waals surface area (Å²) in [7, 11) is 0. The molecular formula is C16H16N2O3S2. The molecule has 2 N–H and O–H groups in total. The number of aliphatic hydroxyl groups is 1. The molecule has 0 radical (unpaired) electrons. The molecule has 0 bridgehead atoms. The Bertz CT molecular complexity index is 738. The lowest BCUT2D eigenvalue weighted by Crippen LogP contribution is -2.40. The van der Waals surface area contributed by atoms with Gasteiger partial charge in [0.15, 0.2) is 0 Å². The summed E-state index contributed by atoms with van der Waals surface area (Å²) in [5.74, 6) is 0.170. The molecule has 7 heteroatoms. The van der Waals surface area contributed by atoms with Gasteiger partial charge in [-0.1, -0.05) is 17.3 Å². The van der Waals surface area contributed by atoms with Crippen molar-refractivity contribution in [1.29, 1.82) is 0 Å². The molecule has 0 saturated carbocycles. The molecule has 0 aliphatic heterocycles. The normalized spacial score (nSPS) is 11.6. The zero-order valence-electron chi connectivity index (χ0n) is 12.7. The van der Waals surface area contributed by atoms with Crippen molar-refractivity contribution in [3.63, 3.8) is 0 Å². The van der Waals surface area contributed by atoms with Crippen LogP contribution in [0.15, 0.2) is 39.5 Å². The molecule has 3 aromatic rings. The second-order valence-electron chi connectivity index (χ2n) is 5.20. The number of rotatable bonds is 5. The Morgan fingerprint density at radius 1 is 1.26 bits per heavy atom. The molecule has 3 heterocycles. The van der Waals surface area contributed by atoms with Crippen molar-refractivity contribution >= 4 is 28.6 Å². The van der Waals surface area contributed by atoms with E-state index in [1.807, 2.05) is 35.0 Å². The van der Waals surface area contributed by atoms with E-state index in [1.54, 1.807) is 13.8 Å². The molecule has 0 aliphatic carbocycles. The van der Waals surface area contributed by atoms with Gasteiger partial charge in [-0.3, -0.25) is 4.79 Å². The summed E-state index contributed by atoms with van der Waals surface area (Å²) in [6.07, 6.45) is 0. The predicted molar refractivity (Wildman–Crippen MR) is 89.9 cm³/mol. The molecule has 1 amide bonds. The van der Waals surface area contributed by atoms with Crippen molar-refractivity contribution in [2.45, 2.75) is 19.4 Å². The molecule has 0 aromatic carbocycles. The highest BCUT2D eigenvalue weighted by molar-refractivity contribution is 7.11. The van der Waals surface area contributed by atoms with Crippen molar-refractivity contribution in [2.24, 2.45) is 0 Å². The van der Waals surface area contributed by atoms with Gasteiger partial charge in [0.25, 0.3) is 5.91 Å². The first kappa shape index (κ1) is 15.9. The number of nitrogens with zero attached hydrogens (tertiary/aromatic N) is 1. The fourth-order valence-electron chi connectivity index (χ4n) is 2.43. The molecule has 0 saturated heterocycles. The average Bonchev–Trinajstić information content (AvgIpc) is 3.27. The number of thiophene rings is 2. The van der Waals surface area contributed by atoms with Crippen LogP contribution in [0.1, 0.15) is 31.6 Å². The van der Waals surface area contributed by atoms with E-state index in [1.165, 1.54) is 22.7 Å². The van der Waals surface area contributed by atoms with Crippen LogP contribution in [-0.4, -0.2) is 22.7 Å². The first-order chi connectivity index (χ1) is 11.0. The molecule has 0 spiro atoms. The van der Waals surface area contributed by atoms with Gasteiger partial charge in [0.1, 0.15) is 16.9 Å².